The van der Waals surface area contributed by atoms with E-state index >= 15 is 0 Å². The van der Waals surface area contributed by atoms with Crippen LogP contribution in [0.3, 0.4) is 0 Å². The van der Waals surface area contributed by atoms with Gasteiger partial charge in [0.25, 0.3) is 0 Å². The molecule has 0 aliphatic heterocycles. The highest BCUT2D eigenvalue weighted by Gasteiger charge is 2.48. The van der Waals surface area contributed by atoms with Gasteiger partial charge < -0.3 is 14.9 Å². The van der Waals surface area contributed by atoms with E-state index in [1.165, 1.54) is 0 Å². The summed E-state index contributed by atoms with van der Waals surface area (Å²) in [6.07, 6.45) is 4.52. The highest BCUT2D eigenvalue weighted by Crippen LogP contribution is 2.41. The van der Waals surface area contributed by atoms with Gasteiger partial charge in [0.15, 0.2) is 5.60 Å². The van der Waals surface area contributed by atoms with Gasteiger partial charge in [-0.15, -0.1) is 0 Å². The number of hydrogen-bond acceptors (Lipinski definition) is 5. The van der Waals surface area contributed by atoms with Gasteiger partial charge >= 0.3 is 11.9 Å². The van der Waals surface area contributed by atoms with Crippen LogP contribution >= 0.6 is 0 Å². The Labute approximate surface area is 161 Å². The van der Waals surface area contributed by atoms with Gasteiger partial charge in [-0.25, -0.2) is 4.79 Å². The van der Waals surface area contributed by atoms with E-state index in [1.54, 1.807) is 24.1 Å². The predicted molar refractivity (Wildman–Crippen MR) is 102 cm³/mol. The van der Waals surface area contributed by atoms with E-state index in [9.17, 15) is 14.7 Å². The highest BCUT2D eigenvalue weighted by molar-refractivity contribution is 5.81. The Morgan fingerprint density at radius 2 is 1.89 bits per heavy atom. The van der Waals surface area contributed by atoms with Crippen LogP contribution in [0.1, 0.15) is 51.0 Å². The van der Waals surface area contributed by atoms with Crippen LogP contribution in [0.4, 0.5) is 0 Å². The van der Waals surface area contributed by atoms with E-state index in [4.69, 9.17) is 9.84 Å². The second kappa shape index (κ2) is 9.85. The lowest BCUT2D eigenvalue weighted by atomic mass is 9.80. The maximum atomic E-state index is 13.1. The molecule has 2 unspecified atom stereocenters. The van der Waals surface area contributed by atoms with Crippen LogP contribution in [-0.2, 0) is 19.9 Å². The second-order valence-corrected chi connectivity index (χ2v) is 7.52. The molecule has 0 aromatic heterocycles. The maximum Gasteiger partial charge on any atom is 0.343 e. The normalized spacial score (nSPS) is 18.2. The number of carboxylic acid groups (broad SMARTS) is 1. The number of rotatable bonds is 10. The van der Waals surface area contributed by atoms with E-state index in [1.807, 2.05) is 25.1 Å². The zero-order valence-electron chi connectivity index (χ0n) is 16.3. The van der Waals surface area contributed by atoms with Crippen molar-refractivity contribution in [2.45, 2.75) is 57.2 Å². The minimum Gasteiger partial charge on any atom is -0.480 e. The number of carbonyl (C=O) groups is 2. The molecule has 0 spiro atoms. The number of esters is 1. The van der Waals surface area contributed by atoms with Gasteiger partial charge in [0.1, 0.15) is 6.10 Å². The fourth-order valence-electron chi connectivity index (χ4n) is 3.95. The molecule has 150 valence electrons. The fraction of sp³-hybridized carbons (Fsp3) is 0.619. The van der Waals surface area contributed by atoms with Crippen LogP contribution in [0.15, 0.2) is 30.3 Å². The quantitative estimate of drug-likeness (QED) is 0.610. The zero-order chi connectivity index (χ0) is 19.9. The summed E-state index contributed by atoms with van der Waals surface area (Å²) < 4.78 is 5.75. The largest absolute Gasteiger partial charge is 0.480 e. The maximum absolute atomic E-state index is 13.1. The van der Waals surface area contributed by atoms with Crippen LogP contribution in [-0.4, -0.2) is 53.3 Å². The molecule has 0 saturated heterocycles. The molecule has 1 fully saturated rings. The van der Waals surface area contributed by atoms with Crippen LogP contribution in [0.5, 0.6) is 0 Å². The Morgan fingerprint density at radius 1 is 1.26 bits per heavy atom. The van der Waals surface area contributed by atoms with Crippen LogP contribution in [0.2, 0.25) is 0 Å². The number of hydrogen-bond donors (Lipinski definition) is 2. The Morgan fingerprint density at radius 3 is 2.44 bits per heavy atom. The number of ether oxygens (including phenoxy) is 1. The summed E-state index contributed by atoms with van der Waals surface area (Å²) in [5.41, 5.74) is -1.09. The van der Waals surface area contributed by atoms with Crippen molar-refractivity contribution in [1.29, 1.82) is 0 Å². The first-order valence-corrected chi connectivity index (χ1v) is 9.77. The van der Waals surface area contributed by atoms with Gasteiger partial charge in [-0.3, -0.25) is 9.69 Å². The molecular weight excluding hydrogens is 346 g/mol. The summed E-state index contributed by atoms with van der Waals surface area (Å²) in [6, 6.07) is 9.01. The average Bonchev–Trinajstić information content (AvgIpc) is 3.16. The number of benzene rings is 1. The van der Waals surface area contributed by atoms with Gasteiger partial charge in [-0.2, -0.15) is 0 Å². The Balaban J connectivity index is 2.19. The van der Waals surface area contributed by atoms with Crippen molar-refractivity contribution in [1.82, 2.24) is 4.90 Å². The van der Waals surface area contributed by atoms with Gasteiger partial charge in [0.2, 0.25) is 0 Å². The van der Waals surface area contributed by atoms with Crippen LogP contribution in [0.25, 0.3) is 0 Å². The minimum absolute atomic E-state index is 0.122. The number of likely N-dealkylation sites (N-methyl/N-ethyl adjacent to an activating group) is 1. The molecule has 6 nitrogen and oxygen atoms in total. The molecule has 2 rings (SSSR count). The van der Waals surface area contributed by atoms with E-state index in [0.29, 0.717) is 18.5 Å². The molecule has 1 aromatic rings. The van der Waals surface area contributed by atoms with E-state index in [-0.39, 0.29) is 12.5 Å². The molecule has 1 aromatic carbocycles. The van der Waals surface area contributed by atoms with Gasteiger partial charge in [0, 0.05) is 12.5 Å². The molecule has 2 N–H and O–H groups in total. The number of nitrogens with zero attached hydrogens (tertiary/aromatic N) is 1. The average molecular weight is 377 g/mol. The summed E-state index contributed by atoms with van der Waals surface area (Å²) in [7, 11) is 1.69. The summed E-state index contributed by atoms with van der Waals surface area (Å²) in [4.78, 5) is 25.7. The summed E-state index contributed by atoms with van der Waals surface area (Å²) >= 11 is 0. The molecule has 6 heteroatoms. The molecule has 0 amide bonds. The Kier molecular flexibility index (Phi) is 7.80. The van der Waals surface area contributed by atoms with E-state index in [0.717, 1.165) is 32.1 Å². The van der Waals surface area contributed by atoms with Crippen molar-refractivity contribution in [3.63, 3.8) is 0 Å². The van der Waals surface area contributed by atoms with Crippen molar-refractivity contribution >= 4 is 11.9 Å². The molecule has 0 radical (unpaired) electrons. The molecule has 1 saturated carbocycles. The Hall–Kier alpha value is -1.92. The van der Waals surface area contributed by atoms with Crippen molar-refractivity contribution in [3.8, 4) is 0 Å². The SMILES string of the molecule is CCCC(CN(C)CC(=O)O)OC(=O)C(O)(c1ccccc1)C1CCCC1. The van der Waals surface area contributed by atoms with Crippen molar-refractivity contribution < 1.29 is 24.5 Å². The lowest BCUT2D eigenvalue weighted by Gasteiger charge is -2.34. The van der Waals surface area contributed by atoms with Crippen molar-refractivity contribution in [2.75, 3.05) is 20.1 Å². The van der Waals surface area contributed by atoms with Crippen molar-refractivity contribution in [2.24, 2.45) is 5.92 Å². The van der Waals surface area contributed by atoms with Gasteiger partial charge in [-0.05, 0) is 31.9 Å². The van der Waals surface area contributed by atoms with Gasteiger partial charge in [0.05, 0.1) is 6.54 Å². The third-order valence-corrected chi connectivity index (χ3v) is 5.28. The van der Waals surface area contributed by atoms with Crippen LogP contribution < -0.4 is 0 Å². The number of aliphatic carboxylic acids is 1. The number of carboxylic acids is 1. The van der Waals surface area contributed by atoms with E-state index in [2.05, 4.69) is 0 Å². The summed E-state index contributed by atoms with van der Waals surface area (Å²) in [5, 5.41) is 20.4. The number of carbonyl (C=O) groups excluding carboxylic acids is 1. The van der Waals surface area contributed by atoms with Gasteiger partial charge in [-0.1, -0.05) is 56.5 Å². The van der Waals surface area contributed by atoms with Crippen molar-refractivity contribution in [3.05, 3.63) is 35.9 Å². The topological polar surface area (TPSA) is 87.1 Å². The minimum atomic E-state index is -1.66. The molecule has 2 atom stereocenters. The van der Waals surface area contributed by atoms with E-state index < -0.39 is 23.6 Å². The molecule has 27 heavy (non-hydrogen) atoms. The standard InChI is InChI=1S/C21H31NO5/c1-3-9-18(14-22(2)15-19(23)24)27-20(25)21(26,17-12-7-8-13-17)16-10-5-4-6-11-16/h4-6,10-11,17-18,26H,3,7-9,12-15H2,1-2H3,(H,23,24). The summed E-state index contributed by atoms with van der Waals surface area (Å²) in [5.74, 6) is -1.71. The second-order valence-electron chi connectivity index (χ2n) is 7.52. The van der Waals surface area contributed by atoms with Crippen LogP contribution in [0, 0.1) is 5.92 Å². The first-order chi connectivity index (χ1) is 12.9. The Bertz CT molecular complexity index is 614. The zero-order valence-corrected chi connectivity index (χ0v) is 16.3. The number of aliphatic hydroxyl groups is 1. The smallest absolute Gasteiger partial charge is 0.343 e. The molecule has 0 bridgehead atoms. The highest BCUT2D eigenvalue weighted by atomic mass is 16.6. The fourth-order valence-corrected chi connectivity index (χ4v) is 3.95. The first kappa shape index (κ1) is 21.4. The summed E-state index contributed by atoms with van der Waals surface area (Å²) in [6.45, 7) is 2.18. The third kappa shape index (κ3) is 5.53. The lowest BCUT2D eigenvalue weighted by Crippen LogP contribution is -2.46. The monoisotopic (exact) mass is 377 g/mol. The molecule has 0 heterocycles. The molecular formula is C21H31NO5. The third-order valence-electron chi connectivity index (χ3n) is 5.28. The molecule has 1 aliphatic rings. The predicted octanol–water partition coefficient (Wildman–Crippen LogP) is 2.79. The molecule has 1 aliphatic carbocycles. The first-order valence-electron chi connectivity index (χ1n) is 9.77. The lowest BCUT2D eigenvalue weighted by molar-refractivity contribution is -0.180.